The van der Waals surface area contributed by atoms with E-state index in [1.165, 1.54) is 33.8 Å². The van der Waals surface area contributed by atoms with Crippen LogP contribution in [0.5, 0.6) is 0 Å². The van der Waals surface area contributed by atoms with Crippen molar-refractivity contribution in [2.75, 3.05) is 11.4 Å². The van der Waals surface area contributed by atoms with Gasteiger partial charge in [-0.05, 0) is 35.9 Å². The van der Waals surface area contributed by atoms with Gasteiger partial charge >= 0.3 is 0 Å². The van der Waals surface area contributed by atoms with Gasteiger partial charge in [-0.2, -0.15) is 5.10 Å². The van der Waals surface area contributed by atoms with Gasteiger partial charge in [0.15, 0.2) is 5.69 Å². The zero-order chi connectivity index (χ0) is 23.4. The Bertz CT molecular complexity index is 1370. The van der Waals surface area contributed by atoms with Crippen LogP contribution in [0.25, 0.3) is 10.8 Å². The number of nitrogens with zero attached hydrogens (tertiary/aromatic N) is 3. The van der Waals surface area contributed by atoms with Crippen LogP contribution in [0.4, 0.5) is 10.1 Å². The number of anilines is 1. The quantitative estimate of drug-likeness (QED) is 0.474. The highest BCUT2D eigenvalue weighted by Gasteiger charge is 2.24. The first-order chi connectivity index (χ1) is 15.9. The van der Waals surface area contributed by atoms with Gasteiger partial charge in [0, 0.05) is 24.0 Å². The lowest BCUT2D eigenvalue weighted by molar-refractivity contribution is -0.117. The zero-order valence-corrected chi connectivity index (χ0v) is 17.6. The molecule has 0 aliphatic carbocycles. The van der Waals surface area contributed by atoms with Crippen molar-refractivity contribution in [1.29, 1.82) is 0 Å². The summed E-state index contributed by atoms with van der Waals surface area (Å²) < 4.78 is 14.7. The van der Waals surface area contributed by atoms with Crippen LogP contribution in [0.2, 0.25) is 0 Å². The summed E-state index contributed by atoms with van der Waals surface area (Å²) in [6.07, 6.45) is -0.0926. The van der Waals surface area contributed by atoms with Crippen LogP contribution >= 0.6 is 0 Å². The molecule has 4 rings (SSSR count). The molecule has 0 radical (unpaired) electrons. The van der Waals surface area contributed by atoms with Gasteiger partial charge in [-0.15, -0.1) is 0 Å². The maximum atomic E-state index is 13.7. The number of carbonyl (C=O) groups excluding carboxylic acids is 2. The molecule has 3 aromatic carbocycles. The van der Waals surface area contributed by atoms with Crippen molar-refractivity contribution in [2.45, 2.75) is 13.0 Å². The smallest absolute Gasteiger partial charge is 0.279 e. The zero-order valence-electron chi connectivity index (χ0n) is 17.6. The van der Waals surface area contributed by atoms with E-state index in [9.17, 15) is 18.8 Å². The van der Waals surface area contributed by atoms with Crippen LogP contribution in [-0.2, 0) is 11.3 Å². The molecule has 1 heterocycles. The molecule has 33 heavy (non-hydrogen) atoms. The molecule has 0 saturated heterocycles. The van der Waals surface area contributed by atoms with Gasteiger partial charge in [-0.1, -0.05) is 48.5 Å². The molecule has 4 aromatic rings. The molecule has 0 aliphatic rings. The molecule has 0 atom stereocenters. The number of rotatable bonds is 7. The molecule has 2 N–H and O–H groups in total. The van der Waals surface area contributed by atoms with Crippen LogP contribution < -0.4 is 16.2 Å². The predicted molar refractivity (Wildman–Crippen MR) is 123 cm³/mol. The maximum absolute atomic E-state index is 13.7. The number of primary amides is 1. The minimum atomic E-state index is -0.582. The van der Waals surface area contributed by atoms with Crippen molar-refractivity contribution in [3.63, 3.8) is 0 Å². The monoisotopic (exact) mass is 444 g/mol. The second-order valence-electron chi connectivity index (χ2n) is 7.49. The fourth-order valence-corrected chi connectivity index (χ4v) is 3.58. The molecule has 0 bridgehead atoms. The SMILES string of the molecule is NC(=O)CCN(C(=O)c1nn(Cc2ccccc2)c(=O)c2ccccc12)c1ccc(F)cc1. The normalized spacial score (nSPS) is 10.8. The van der Waals surface area contributed by atoms with E-state index in [1.807, 2.05) is 30.3 Å². The molecule has 0 aliphatic heterocycles. The van der Waals surface area contributed by atoms with E-state index in [0.717, 1.165) is 5.56 Å². The molecule has 7 nitrogen and oxygen atoms in total. The highest BCUT2D eigenvalue weighted by molar-refractivity contribution is 6.12. The molecule has 0 unspecified atom stereocenters. The Labute approximate surface area is 188 Å². The lowest BCUT2D eigenvalue weighted by atomic mass is 10.1. The molecule has 166 valence electrons. The number of hydrogen-bond acceptors (Lipinski definition) is 4. The molecular formula is C25H21FN4O3. The van der Waals surface area contributed by atoms with Gasteiger partial charge in [-0.25, -0.2) is 9.07 Å². The summed E-state index contributed by atoms with van der Waals surface area (Å²) in [5.74, 6) is -1.57. The molecule has 0 saturated carbocycles. The van der Waals surface area contributed by atoms with Crippen molar-refractivity contribution >= 4 is 28.3 Å². The van der Waals surface area contributed by atoms with Crippen LogP contribution in [0.3, 0.4) is 0 Å². The highest BCUT2D eigenvalue weighted by atomic mass is 19.1. The lowest BCUT2D eigenvalue weighted by Crippen LogP contribution is -2.36. The standard InChI is InChI=1S/C25H21FN4O3/c26-18-10-12-19(13-11-18)29(15-14-22(27)31)25(33)23-20-8-4-5-9-21(20)24(32)30(28-23)16-17-6-2-1-3-7-17/h1-13H,14-16H2,(H2,27,31). The molecule has 8 heteroatoms. The van der Waals surface area contributed by atoms with Crippen LogP contribution in [0.1, 0.15) is 22.5 Å². The average Bonchev–Trinajstić information content (AvgIpc) is 2.82. The first-order valence-electron chi connectivity index (χ1n) is 10.3. The van der Waals surface area contributed by atoms with E-state index < -0.39 is 17.6 Å². The van der Waals surface area contributed by atoms with Crippen molar-refractivity contribution in [3.05, 3.63) is 106 Å². The summed E-state index contributed by atoms with van der Waals surface area (Å²) in [4.78, 5) is 39.5. The Morgan fingerprint density at radius 1 is 0.909 bits per heavy atom. The van der Waals surface area contributed by atoms with Gasteiger partial charge in [0.1, 0.15) is 5.82 Å². The fourth-order valence-electron chi connectivity index (χ4n) is 3.58. The van der Waals surface area contributed by atoms with E-state index in [1.54, 1.807) is 24.3 Å². The van der Waals surface area contributed by atoms with Gasteiger partial charge in [0.2, 0.25) is 5.91 Å². The second kappa shape index (κ2) is 9.44. The summed E-state index contributed by atoms with van der Waals surface area (Å²) in [6, 6.07) is 21.4. The number of halogens is 1. The van der Waals surface area contributed by atoms with E-state index in [2.05, 4.69) is 5.10 Å². The van der Waals surface area contributed by atoms with Crippen molar-refractivity contribution in [3.8, 4) is 0 Å². The van der Waals surface area contributed by atoms with Gasteiger partial charge in [-0.3, -0.25) is 14.4 Å². The predicted octanol–water partition coefficient (Wildman–Crippen LogP) is 3.11. The summed E-state index contributed by atoms with van der Waals surface area (Å²) >= 11 is 0. The Morgan fingerprint density at radius 3 is 2.21 bits per heavy atom. The van der Waals surface area contributed by atoms with E-state index in [-0.39, 0.29) is 30.8 Å². The second-order valence-corrected chi connectivity index (χ2v) is 7.49. The lowest BCUT2D eigenvalue weighted by Gasteiger charge is -2.23. The number of aromatic nitrogens is 2. The van der Waals surface area contributed by atoms with E-state index in [4.69, 9.17) is 5.73 Å². The Kier molecular flexibility index (Phi) is 6.26. The Hall–Kier alpha value is -4.33. The molecule has 0 spiro atoms. The van der Waals surface area contributed by atoms with E-state index in [0.29, 0.717) is 16.5 Å². The number of fused-ring (bicyclic) bond motifs is 1. The third-order valence-corrected chi connectivity index (χ3v) is 5.21. The fraction of sp³-hybridized carbons (Fsp3) is 0.120. The number of hydrogen-bond donors (Lipinski definition) is 1. The summed E-state index contributed by atoms with van der Waals surface area (Å²) in [5, 5.41) is 5.15. The van der Waals surface area contributed by atoms with Crippen LogP contribution in [0, 0.1) is 5.82 Å². The highest BCUT2D eigenvalue weighted by Crippen LogP contribution is 2.21. The summed E-state index contributed by atoms with van der Waals surface area (Å²) in [7, 11) is 0. The molecule has 1 aromatic heterocycles. The Morgan fingerprint density at radius 2 is 1.55 bits per heavy atom. The number of benzene rings is 3. The third kappa shape index (κ3) is 4.79. The summed E-state index contributed by atoms with van der Waals surface area (Å²) in [5.41, 5.74) is 6.27. The van der Waals surface area contributed by atoms with Crippen LogP contribution in [0.15, 0.2) is 83.7 Å². The Balaban J connectivity index is 1.84. The topological polar surface area (TPSA) is 98.3 Å². The van der Waals surface area contributed by atoms with Crippen molar-refractivity contribution in [1.82, 2.24) is 9.78 Å². The van der Waals surface area contributed by atoms with Gasteiger partial charge in [0.05, 0.1) is 11.9 Å². The largest absolute Gasteiger partial charge is 0.370 e. The van der Waals surface area contributed by atoms with Crippen molar-refractivity contribution in [2.24, 2.45) is 5.73 Å². The van der Waals surface area contributed by atoms with Crippen LogP contribution in [-0.4, -0.2) is 28.1 Å². The number of nitrogens with two attached hydrogens (primary N) is 1. The minimum absolute atomic E-state index is 0.0202. The third-order valence-electron chi connectivity index (χ3n) is 5.21. The summed E-state index contributed by atoms with van der Waals surface area (Å²) in [6.45, 7) is 0.163. The number of carbonyl (C=O) groups is 2. The molecular weight excluding hydrogens is 423 g/mol. The first-order valence-corrected chi connectivity index (χ1v) is 10.3. The minimum Gasteiger partial charge on any atom is -0.370 e. The first kappa shape index (κ1) is 21.9. The van der Waals surface area contributed by atoms with Crippen molar-refractivity contribution < 1.29 is 14.0 Å². The molecule has 0 fully saturated rings. The van der Waals surface area contributed by atoms with Gasteiger partial charge in [0.25, 0.3) is 11.5 Å². The number of amides is 2. The molecule has 2 amide bonds. The average molecular weight is 444 g/mol. The van der Waals surface area contributed by atoms with E-state index >= 15 is 0 Å². The van der Waals surface area contributed by atoms with Gasteiger partial charge < -0.3 is 10.6 Å². The maximum Gasteiger partial charge on any atom is 0.279 e.